The minimum Gasteiger partial charge on any atom is -0.378 e. The van der Waals surface area contributed by atoms with Crippen molar-refractivity contribution < 1.29 is 4.79 Å². The molecular formula is C21H29NOSi. The van der Waals surface area contributed by atoms with Crippen LogP contribution in [-0.4, -0.2) is 14.1 Å². The molecule has 2 aliphatic rings. The molecule has 2 nitrogen and oxygen atoms in total. The maximum Gasteiger partial charge on any atom is 0.243 e. The van der Waals surface area contributed by atoms with Crippen molar-refractivity contribution in [1.82, 2.24) is 4.98 Å². The van der Waals surface area contributed by atoms with E-state index in [0.717, 1.165) is 18.0 Å². The van der Waals surface area contributed by atoms with Crippen molar-refractivity contribution in [3.8, 4) is 0 Å². The second-order valence-electron chi connectivity index (χ2n) is 7.89. The van der Waals surface area contributed by atoms with E-state index in [9.17, 15) is 4.79 Å². The van der Waals surface area contributed by atoms with Crippen LogP contribution in [0.15, 0.2) is 48.1 Å². The van der Waals surface area contributed by atoms with Crippen LogP contribution in [0.5, 0.6) is 0 Å². The van der Waals surface area contributed by atoms with Crippen molar-refractivity contribution in [3.05, 3.63) is 59.2 Å². The first-order chi connectivity index (χ1) is 11.6. The van der Waals surface area contributed by atoms with Crippen LogP contribution in [0.4, 0.5) is 0 Å². The van der Waals surface area contributed by atoms with Gasteiger partial charge in [0.15, 0.2) is 8.24 Å². The fourth-order valence-corrected chi connectivity index (χ4v) is 6.32. The van der Waals surface area contributed by atoms with Crippen molar-refractivity contribution >= 4 is 14.1 Å². The summed E-state index contributed by atoms with van der Waals surface area (Å²) >= 11 is 0. The molecule has 0 unspecified atom stereocenters. The summed E-state index contributed by atoms with van der Waals surface area (Å²) in [6, 6.07) is 9.30. The van der Waals surface area contributed by atoms with Crippen LogP contribution in [-0.2, 0) is 0 Å². The number of allylic oxidation sites excluding steroid dienone is 4. The van der Waals surface area contributed by atoms with Gasteiger partial charge in [-0.3, -0.25) is 4.79 Å². The molecule has 1 fully saturated rings. The highest BCUT2D eigenvalue weighted by Crippen LogP contribution is 2.34. The van der Waals surface area contributed by atoms with E-state index in [1.54, 1.807) is 0 Å². The number of carbonyl (C=O) groups excluding carboxylic acids is 1. The largest absolute Gasteiger partial charge is 0.378 e. The van der Waals surface area contributed by atoms with Crippen molar-refractivity contribution in [2.75, 3.05) is 0 Å². The van der Waals surface area contributed by atoms with Gasteiger partial charge in [0, 0.05) is 5.56 Å². The van der Waals surface area contributed by atoms with Crippen LogP contribution >= 0.6 is 0 Å². The monoisotopic (exact) mass is 339 g/mol. The number of nitrogens with one attached hydrogen (secondary N) is 1. The predicted molar refractivity (Wildman–Crippen MR) is 104 cm³/mol. The summed E-state index contributed by atoms with van der Waals surface area (Å²) in [5, 5.41) is 0. The lowest BCUT2D eigenvalue weighted by molar-refractivity contribution is 0.0976. The zero-order chi connectivity index (χ0) is 17.0. The molecule has 3 rings (SSSR count). The Hall–Kier alpha value is -1.61. The van der Waals surface area contributed by atoms with Gasteiger partial charge in [0.2, 0.25) is 5.91 Å². The number of rotatable bonds is 5. The lowest BCUT2D eigenvalue weighted by atomic mass is 9.82. The lowest BCUT2D eigenvalue weighted by Gasteiger charge is -2.27. The van der Waals surface area contributed by atoms with Gasteiger partial charge in [-0.2, -0.15) is 0 Å². The zero-order valence-electron chi connectivity index (χ0n) is 15.0. The third-order valence-electron chi connectivity index (χ3n) is 5.22. The van der Waals surface area contributed by atoms with E-state index < -0.39 is 8.24 Å². The molecule has 1 saturated carbocycles. The van der Waals surface area contributed by atoms with Gasteiger partial charge in [0.05, 0.1) is 0 Å². The van der Waals surface area contributed by atoms with E-state index in [4.69, 9.17) is 0 Å². The zero-order valence-corrected chi connectivity index (χ0v) is 16.0. The fraction of sp³-hybridized carbons (Fsp3) is 0.476. The SMILES string of the molecule is C[Si](C)(CC1=CC=CC1)NC(=O)c1ccccc1C1CCCCC1. The van der Waals surface area contributed by atoms with Crippen molar-refractivity contribution in [2.24, 2.45) is 0 Å². The smallest absolute Gasteiger partial charge is 0.243 e. The van der Waals surface area contributed by atoms with Gasteiger partial charge in [-0.05, 0) is 42.9 Å². The normalized spacial score (nSPS) is 18.5. The van der Waals surface area contributed by atoms with Crippen molar-refractivity contribution in [3.63, 3.8) is 0 Å². The van der Waals surface area contributed by atoms with Crippen LogP contribution in [0.1, 0.15) is 60.4 Å². The molecule has 128 valence electrons. The standard InChI is InChI=1S/C21H29NOSi/c1-24(2,16-17-10-6-7-11-17)22-21(23)20-15-9-8-14-19(20)18-12-4-3-5-13-18/h6-10,14-15,18H,3-5,11-13,16H2,1-2H3,(H,22,23). The minimum absolute atomic E-state index is 0.138. The molecule has 0 heterocycles. The topological polar surface area (TPSA) is 29.1 Å². The van der Waals surface area contributed by atoms with Crippen molar-refractivity contribution in [1.29, 1.82) is 0 Å². The molecule has 0 saturated heterocycles. The Morgan fingerprint density at radius 1 is 1.17 bits per heavy atom. The fourth-order valence-electron chi connectivity index (χ4n) is 4.08. The number of benzene rings is 1. The first-order valence-corrected chi connectivity index (χ1v) is 12.5. The summed E-state index contributed by atoms with van der Waals surface area (Å²) in [6.07, 6.45) is 14.0. The van der Waals surface area contributed by atoms with Crippen LogP contribution < -0.4 is 4.98 Å². The average Bonchev–Trinajstić information content (AvgIpc) is 3.07. The summed E-state index contributed by atoms with van der Waals surface area (Å²) < 4.78 is 0. The van der Waals surface area contributed by atoms with Gasteiger partial charge < -0.3 is 4.98 Å². The Morgan fingerprint density at radius 2 is 1.92 bits per heavy atom. The molecule has 1 aromatic carbocycles. The lowest BCUT2D eigenvalue weighted by Crippen LogP contribution is -2.48. The minimum atomic E-state index is -1.79. The third-order valence-corrected chi connectivity index (χ3v) is 7.46. The number of amides is 1. The molecule has 0 radical (unpaired) electrons. The van der Waals surface area contributed by atoms with E-state index in [0.29, 0.717) is 5.92 Å². The number of hydrogen-bond acceptors (Lipinski definition) is 1. The van der Waals surface area contributed by atoms with Crippen molar-refractivity contribution in [2.45, 2.75) is 63.6 Å². The second kappa shape index (κ2) is 7.52. The Morgan fingerprint density at radius 3 is 2.62 bits per heavy atom. The van der Waals surface area contributed by atoms with Gasteiger partial charge in [0.1, 0.15) is 0 Å². The summed E-state index contributed by atoms with van der Waals surface area (Å²) in [6.45, 7) is 4.51. The van der Waals surface area contributed by atoms with E-state index in [1.165, 1.54) is 43.2 Å². The molecule has 0 aromatic heterocycles. The van der Waals surface area contributed by atoms with Crippen LogP contribution in [0, 0.1) is 0 Å². The van der Waals surface area contributed by atoms with E-state index in [2.05, 4.69) is 48.4 Å². The summed E-state index contributed by atoms with van der Waals surface area (Å²) in [5.74, 6) is 0.701. The van der Waals surface area contributed by atoms with Crippen LogP contribution in [0.25, 0.3) is 0 Å². The highest BCUT2D eigenvalue weighted by molar-refractivity contribution is 6.77. The van der Waals surface area contributed by atoms with E-state index in [-0.39, 0.29) is 5.91 Å². The Labute approximate surface area is 147 Å². The maximum atomic E-state index is 13.0. The number of carbonyl (C=O) groups is 1. The third kappa shape index (κ3) is 4.26. The summed E-state index contributed by atoms with van der Waals surface area (Å²) in [5.41, 5.74) is 3.62. The molecule has 24 heavy (non-hydrogen) atoms. The second-order valence-corrected chi connectivity index (χ2v) is 12.3. The molecule has 0 spiro atoms. The number of hydrogen-bond donors (Lipinski definition) is 1. The molecule has 0 atom stereocenters. The highest BCUT2D eigenvalue weighted by atomic mass is 28.3. The van der Waals surface area contributed by atoms with Gasteiger partial charge in [-0.1, -0.05) is 74.4 Å². The van der Waals surface area contributed by atoms with Crippen LogP contribution in [0.2, 0.25) is 19.1 Å². The predicted octanol–water partition coefficient (Wildman–Crippen LogP) is 5.56. The van der Waals surface area contributed by atoms with Gasteiger partial charge in [-0.15, -0.1) is 0 Å². The molecule has 1 aromatic rings. The van der Waals surface area contributed by atoms with E-state index >= 15 is 0 Å². The molecule has 0 bridgehead atoms. The maximum absolute atomic E-state index is 13.0. The molecule has 1 amide bonds. The van der Waals surface area contributed by atoms with Crippen LogP contribution in [0.3, 0.4) is 0 Å². The first-order valence-electron chi connectivity index (χ1n) is 9.31. The molecule has 2 aliphatic carbocycles. The van der Waals surface area contributed by atoms with E-state index in [1.807, 2.05) is 12.1 Å². The average molecular weight is 340 g/mol. The molecule has 3 heteroatoms. The molecule has 0 aliphatic heterocycles. The quantitative estimate of drug-likeness (QED) is 0.700. The molecular weight excluding hydrogens is 310 g/mol. The van der Waals surface area contributed by atoms with Gasteiger partial charge in [0.25, 0.3) is 0 Å². The van der Waals surface area contributed by atoms with Gasteiger partial charge in [-0.25, -0.2) is 0 Å². The first kappa shape index (κ1) is 17.2. The Kier molecular flexibility index (Phi) is 5.39. The van der Waals surface area contributed by atoms with Gasteiger partial charge >= 0.3 is 0 Å². The Bertz CT molecular complexity index is 654. The summed E-state index contributed by atoms with van der Waals surface area (Å²) in [7, 11) is -1.79. The highest BCUT2D eigenvalue weighted by Gasteiger charge is 2.28. The summed E-state index contributed by atoms with van der Waals surface area (Å²) in [4.78, 5) is 16.4. The molecule has 1 N–H and O–H groups in total. The Balaban J connectivity index is 1.72.